The van der Waals surface area contributed by atoms with Crippen molar-refractivity contribution in [2.75, 3.05) is 13.2 Å². The van der Waals surface area contributed by atoms with Crippen molar-refractivity contribution in [1.82, 2.24) is 5.32 Å². The summed E-state index contributed by atoms with van der Waals surface area (Å²) in [6, 6.07) is -0.855. The zero-order valence-corrected chi connectivity index (χ0v) is 48.8. The first-order valence-corrected chi connectivity index (χ1v) is 32.9. The Hall–Kier alpha value is -1.16. The highest BCUT2D eigenvalue weighted by Gasteiger charge is 2.48. The first-order chi connectivity index (χ1) is 36.0. The molecule has 12 nitrogen and oxygen atoms in total. The van der Waals surface area contributed by atoms with Crippen LogP contribution in [-0.2, 0) is 28.9 Å². The SMILES string of the molecule is CCCCCCCCCCCCCC/C=C\CCCCCCCCCCCCCCCCCC(=O)NC(COC1OC(CO)C(O)C(OS(=O)(=O)O)C1O)C(O)CCCCCCCCCCCCCCCCCC. The van der Waals surface area contributed by atoms with Crippen molar-refractivity contribution < 1.29 is 51.8 Å². The van der Waals surface area contributed by atoms with Crippen LogP contribution in [0.2, 0.25) is 0 Å². The third-order valence-electron chi connectivity index (χ3n) is 15.3. The number of aliphatic hydroxyl groups excluding tert-OH is 4. The lowest BCUT2D eigenvalue weighted by molar-refractivity contribution is -0.298. The zero-order valence-electron chi connectivity index (χ0n) is 47.9. The van der Waals surface area contributed by atoms with Gasteiger partial charge in [0.2, 0.25) is 5.91 Å². The summed E-state index contributed by atoms with van der Waals surface area (Å²) >= 11 is 0. The standard InChI is InChI=1S/C61H119NO11S/c1-3-5-7-9-11-13-15-17-19-21-22-23-24-25-26-27-28-29-30-31-32-33-34-35-37-39-41-43-45-47-49-51-57(65)62-54(53-71-61-59(67)60(73-74(68,69)70)58(66)56(52-63)72-61)55(64)50-48-46-44-42-40-38-36-20-18-16-14-12-10-8-6-4-2/h25-26,54-56,58-61,63-64,66-67H,3-24,27-53H2,1-2H3,(H,62,65)(H,68,69,70)/b26-25-. The number of carbonyl (C=O) groups is 1. The molecular weight excluding hydrogens is 955 g/mol. The summed E-state index contributed by atoms with van der Waals surface area (Å²) < 4.78 is 48.0. The molecule has 1 heterocycles. The van der Waals surface area contributed by atoms with E-state index in [1.807, 2.05) is 0 Å². The smallest absolute Gasteiger partial charge is 0.394 e. The minimum absolute atomic E-state index is 0.224. The minimum atomic E-state index is -5.08. The average molecular weight is 1070 g/mol. The number of allylic oxidation sites excluding steroid dienone is 2. The van der Waals surface area contributed by atoms with Crippen LogP contribution in [0, 0.1) is 0 Å². The van der Waals surface area contributed by atoms with E-state index in [2.05, 4.69) is 35.5 Å². The second kappa shape index (κ2) is 51.3. The molecule has 1 aliphatic rings. The number of ether oxygens (including phenoxy) is 2. The molecule has 0 aliphatic carbocycles. The Bertz CT molecular complexity index is 1350. The quantitative estimate of drug-likeness (QED) is 0.0193. The van der Waals surface area contributed by atoms with E-state index in [1.165, 1.54) is 238 Å². The summed E-state index contributed by atoms with van der Waals surface area (Å²) in [4.78, 5) is 13.2. The van der Waals surface area contributed by atoms with Crippen LogP contribution < -0.4 is 5.32 Å². The van der Waals surface area contributed by atoms with Gasteiger partial charge in [0.25, 0.3) is 0 Å². The van der Waals surface area contributed by atoms with E-state index in [1.54, 1.807) is 0 Å². The van der Waals surface area contributed by atoms with Gasteiger partial charge in [-0.25, -0.2) is 4.18 Å². The van der Waals surface area contributed by atoms with E-state index in [-0.39, 0.29) is 12.5 Å². The molecule has 1 fully saturated rings. The molecule has 1 amide bonds. The lowest BCUT2D eigenvalue weighted by atomic mass is 9.99. The Morgan fingerprint density at radius 2 is 0.865 bits per heavy atom. The summed E-state index contributed by atoms with van der Waals surface area (Å²) in [6.45, 7) is 3.50. The molecule has 74 heavy (non-hydrogen) atoms. The van der Waals surface area contributed by atoms with Gasteiger partial charge in [0, 0.05) is 6.42 Å². The van der Waals surface area contributed by atoms with E-state index in [0.29, 0.717) is 12.8 Å². The van der Waals surface area contributed by atoms with Gasteiger partial charge in [-0.2, -0.15) is 8.42 Å². The molecule has 0 radical (unpaired) electrons. The highest BCUT2D eigenvalue weighted by Crippen LogP contribution is 2.26. The molecule has 440 valence electrons. The van der Waals surface area contributed by atoms with Crippen LogP contribution in [0.5, 0.6) is 0 Å². The zero-order chi connectivity index (χ0) is 54.0. The van der Waals surface area contributed by atoms with Gasteiger partial charge >= 0.3 is 10.4 Å². The van der Waals surface area contributed by atoms with Crippen molar-refractivity contribution in [2.24, 2.45) is 0 Å². The van der Waals surface area contributed by atoms with Gasteiger partial charge < -0.3 is 35.2 Å². The molecule has 1 rings (SSSR count). The summed E-state index contributed by atoms with van der Waals surface area (Å²) in [5.74, 6) is -0.224. The third kappa shape index (κ3) is 42.8. The van der Waals surface area contributed by atoms with Gasteiger partial charge in [-0.15, -0.1) is 0 Å². The maximum absolute atomic E-state index is 13.2. The maximum atomic E-state index is 13.2. The van der Waals surface area contributed by atoms with E-state index < -0.39 is 59.9 Å². The predicted octanol–water partition coefficient (Wildman–Crippen LogP) is 15.4. The highest BCUT2D eigenvalue weighted by atomic mass is 32.3. The Balaban J connectivity index is 2.23. The van der Waals surface area contributed by atoms with Gasteiger partial charge in [0.1, 0.15) is 24.4 Å². The number of nitrogens with one attached hydrogen (secondary N) is 1. The normalized spacial score (nSPS) is 19.1. The van der Waals surface area contributed by atoms with Gasteiger partial charge in [-0.05, 0) is 38.5 Å². The molecule has 7 atom stereocenters. The molecule has 0 aromatic rings. The number of unbranched alkanes of at least 4 members (excludes halogenated alkanes) is 42. The number of hydrogen-bond acceptors (Lipinski definition) is 10. The van der Waals surface area contributed by atoms with Crippen LogP contribution in [0.3, 0.4) is 0 Å². The summed E-state index contributed by atoms with van der Waals surface area (Å²) in [6.07, 6.45) is 53.8. The number of amides is 1. The van der Waals surface area contributed by atoms with Crippen molar-refractivity contribution in [2.45, 2.75) is 358 Å². The Labute approximate surface area is 455 Å². The number of aliphatic hydroxyl groups is 4. The monoisotopic (exact) mass is 1070 g/mol. The molecule has 6 N–H and O–H groups in total. The summed E-state index contributed by atoms with van der Waals surface area (Å²) in [5.41, 5.74) is 0. The van der Waals surface area contributed by atoms with E-state index in [9.17, 15) is 38.2 Å². The van der Waals surface area contributed by atoms with E-state index in [0.717, 1.165) is 51.4 Å². The van der Waals surface area contributed by atoms with Gasteiger partial charge in [-0.1, -0.05) is 283 Å². The highest BCUT2D eigenvalue weighted by molar-refractivity contribution is 7.80. The van der Waals surface area contributed by atoms with Crippen LogP contribution in [0.4, 0.5) is 0 Å². The second-order valence-electron chi connectivity index (χ2n) is 22.4. The third-order valence-corrected chi connectivity index (χ3v) is 15.8. The fourth-order valence-electron chi connectivity index (χ4n) is 10.5. The van der Waals surface area contributed by atoms with Crippen LogP contribution in [0.1, 0.15) is 316 Å². The van der Waals surface area contributed by atoms with E-state index in [4.69, 9.17) is 9.47 Å². The van der Waals surface area contributed by atoms with Crippen LogP contribution >= 0.6 is 0 Å². The van der Waals surface area contributed by atoms with Crippen LogP contribution in [0.25, 0.3) is 0 Å². The lowest BCUT2D eigenvalue weighted by Gasteiger charge is -2.41. The molecule has 0 aromatic heterocycles. The molecule has 1 saturated heterocycles. The molecule has 7 unspecified atom stereocenters. The molecule has 0 spiro atoms. The average Bonchev–Trinajstić information content (AvgIpc) is 3.38. The molecule has 0 saturated carbocycles. The van der Waals surface area contributed by atoms with E-state index >= 15 is 0 Å². The molecular formula is C61H119NO11S. The summed E-state index contributed by atoms with van der Waals surface area (Å²) in [7, 11) is -5.08. The summed E-state index contributed by atoms with van der Waals surface area (Å²) in [5, 5.41) is 45.2. The minimum Gasteiger partial charge on any atom is -0.394 e. The molecule has 1 aliphatic heterocycles. The van der Waals surface area contributed by atoms with Gasteiger partial charge in [0.15, 0.2) is 6.29 Å². The Morgan fingerprint density at radius 3 is 1.22 bits per heavy atom. The topological polar surface area (TPSA) is 192 Å². The number of rotatable bonds is 56. The van der Waals surface area contributed by atoms with Crippen molar-refractivity contribution in [3.8, 4) is 0 Å². The molecule has 0 aromatic carbocycles. The maximum Gasteiger partial charge on any atom is 0.397 e. The van der Waals surface area contributed by atoms with Gasteiger partial charge in [-0.3, -0.25) is 9.35 Å². The first-order valence-electron chi connectivity index (χ1n) is 31.6. The van der Waals surface area contributed by atoms with Crippen molar-refractivity contribution in [3.05, 3.63) is 12.2 Å². The Morgan fingerprint density at radius 1 is 0.527 bits per heavy atom. The van der Waals surface area contributed by atoms with Gasteiger partial charge in [0.05, 0.1) is 25.4 Å². The molecule has 0 bridgehead atoms. The van der Waals surface area contributed by atoms with Crippen molar-refractivity contribution >= 4 is 16.3 Å². The van der Waals surface area contributed by atoms with Crippen LogP contribution in [-0.4, -0.2) is 95.4 Å². The van der Waals surface area contributed by atoms with Crippen LogP contribution in [0.15, 0.2) is 12.2 Å². The first kappa shape index (κ1) is 70.9. The largest absolute Gasteiger partial charge is 0.397 e. The Kier molecular flexibility index (Phi) is 49.1. The van der Waals surface area contributed by atoms with Crippen molar-refractivity contribution in [1.29, 1.82) is 0 Å². The lowest BCUT2D eigenvalue weighted by Crippen LogP contribution is -2.61. The molecule has 13 heteroatoms. The second-order valence-corrected chi connectivity index (χ2v) is 23.4. The predicted molar refractivity (Wildman–Crippen MR) is 306 cm³/mol. The number of hydrogen-bond donors (Lipinski definition) is 6. The fraction of sp³-hybridized carbons (Fsp3) is 0.951. The fourth-order valence-corrected chi connectivity index (χ4v) is 11.0. The van der Waals surface area contributed by atoms with Crippen molar-refractivity contribution in [3.63, 3.8) is 0 Å². The number of carbonyl (C=O) groups excluding carboxylic acids is 1.